The standard InChI is InChI=1S/C15H18N4O2/c1-15(2,3)11-6-10-9(7-16-11)13(19-18-10)8-4-5-12(20)17-14(8)21/h6-8H,4-5H2,1-3H3,(H,18,19)(H,17,20,21). The summed E-state index contributed by atoms with van der Waals surface area (Å²) in [6.45, 7) is 6.28. The van der Waals surface area contributed by atoms with Crippen molar-refractivity contribution < 1.29 is 9.59 Å². The summed E-state index contributed by atoms with van der Waals surface area (Å²) in [7, 11) is 0. The summed E-state index contributed by atoms with van der Waals surface area (Å²) >= 11 is 0. The third kappa shape index (κ3) is 2.41. The number of hydrogen-bond acceptors (Lipinski definition) is 4. The van der Waals surface area contributed by atoms with Crippen molar-refractivity contribution in [2.75, 3.05) is 0 Å². The minimum absolute atomic E-state index is 0.0536. The minimum atomic E-state index is -0.366. The highest BCUT2D eigenvalue weighted by Crippen LogP contribution is 2.30. The summed E-state index contributed by atoms with van der Waals surface area (Å²) in [5.41, 5.74) is 2.44. The molecule has 0 saturated carbocycles. The summed E-state index contributed by atoms with van der Waals surface area (Å²) in [6.07, 6.45) is 2.62. The number of carbonyl (C=O) groups excluding carboxylic acids is 2. The van der Waals surface area contributed by atoms with Crippen LogP contribution in [-0.4, -0.2) is 27.0 Å². The van der Waals surface area contributed by atoms with E-state index in [0.717, 1.165) is 22.3 Å². The average molecular weight is 286 g/mol. The number of amides is 2. The SMILES string of the molecule is CC(C)(C)c1cc2n[nH]c(C3CCC(=O)NC3=O)c2cn1. The van der Waals surface area contributed by atoms with E-state index < -0.39 is 0 Å². The molecule has 1 aliphatic rings. The minimum Gasteiger partial charge on any atom is -0.296 e. The fourth-order valence-electron chi connectivity index (χ4n) is 2.57. The van der Waals surface area contributed by atoms with E-state index in [4.69, 9.17) is 0 Å². The molecule has 1 fully saturated rings. The maximum absolute atomic E-state index is 12.0. The van der Waals surface area contributed by atoms with Crippen molar-refractivity contribution in [1.82, 2.24) is 20.5 Å². The predicted molar refractivity (Wildman–Crippen MR) is 77.7 cm³/mol. The number of nitrogens with zero attached hydrogens (tertiary/aromatic N) is 2. The zero-order chi connectivity index (χ0) is 15.2. The first-order chi connectivity index (χ1) is 9.86. The van der Waals surface area contributed by atoms with Crippen LogP contribution < -0.4 is 5.32 Å². The van der Waals surface area contributed by atoms with Crippen molar-refractivity contribution in [2.45, 2.75) is 44.9 Å². The molecule has 3 heterocycles. The number of nitrogens with one attached hydrogen (secondary N) is 2. The molecule has 6 nitrogen and oxygen atoms in total. The molecular weight excluding hydrogens is 268 g/mol. The predicted octanol–water partition coefficient (Wildman–Crippen LogP) is 1.78. The second-order valence-electron chi connectivity index (χ2n) is 6.48. The first-order valence-electron chi connectivity index (χ1n) is 7.04. The van der Waals surface area contributed by atoms with Gasteiger partial charge >= 0.3 is 0 Å². The highest BCUT2D eigenvalue weighted by atomic mass is 16.2. The van der Waals surface area contributed by atoms with Crippen molar-refractivity contribution in [3.8, 4) is 0 Å². The molecule has 1 aliphatic heterocycles. The van der Waals surface area contributed by atoms with Gasteiger partial charge in [-0.3, -0.25) is 25.0 Å². The third-order valence-corrected chi connectivity index (χ3v) is 3.83. The lowest BCUT2D eigenvalue weighted by atomic mass is 9.90. The maximum Gasteiger partial charge on any atom is 0.235 e. The Morgan fingerprint density at radius 1 is 1.29 bits per heavy atom. The Balaban J connectivity index is 2.01. The molecule has 1 atom stereocenters. The van der Waals surface area contributed by atoms with Crippen LogP contribution in [0, 0.1) is 0 Å². The molecule has 0 radical (unpaired) electrons. The van der Waals surface area contributed by atoms with Crippen molar-refractivity contribution in [2.24, 2.45) is 0 Å². The van der Waals surface area contributed by atoms with Gasteiger partial charge in [0.1, 0.15) is 0 Å². The van der Waals surface area contributed by atoms with Gasteiger partial charge in [-0.2, -0.15) is 5.10 Å². The number of aromatic nitrogens is 3. The van der Waals surface area contributed by atoms with Crippen molar-refractivity contribution in [1.29, 1.82) is 0 Å². The van der Waals surface area contributed by atoms with Crippen molar-refractivity contribution in [3.63, 3.8) is 0 Å². The van der Waals surface area contributed by atoms with E-state index in [1.165, 1.54) is 0 Å². The molecule has 2 amide bonds. The topological polar surface area (TPSA) is 87.7 Å². The van der Waals surface area contributed by atoms with Crippen molar-refractivity contribution in [3.05, 3.63) is 23.7 Å². The average Bonchev–Trinajstić information content (AvgIpc) is 2.80. The van der Waals surface area contributed by atoms with Crippen LogP contribution in [-0.2, 0) is 15.0 Å². The van der Waals surface area contributed by atoms with Crippen LogP contribution in [0.25, 0.3) is 10.9 Å². The van der Waals surface area contributed by atoms with Gasteiger partial charge in [0.15, 0.2) is 0 Å². The number of fused-ring (bicyclic) bond motifs is 1. The Kier molecular flexibility index (Phi) is 3.04. The summed E-state index contributed by atoms with van der Waals surface area (Å²) in [5, 5.41) is 10.5. The molecule has 1 unspecified atom stereocenters. The Bertz CT molecular complexity index is 727. The fraction of sp³-hybridized carbons (Fsp3) is 0.467. The van der Waals surface area contributed by atoms with Crippen LogP contribution in [0.3, 0.4) is 0 Å². The number of rotatable bonds is 1. The molecule has 1 saturated heterocycles. The molecule has 0 spiro atoms. The van der Waals surface area contributed by atoms with E-state index >= 15 is 0 Å². The van der Waals surface area contributed by atoms with Crippen molar-refractivity contribution >= 4 is 22.7 Å². The number of piperidine rings is 1. The van der Waals surface area contributed by atoms with Gasteiger partial charge in [0.05, 0.1) is 17.1 Å². The van der Waals surface area contributed by atoms with E-state index in [2.05, 4.69) is 41.3 Å². The van der Waals surface area contributed by atoms with Gasteiger partial charge in [-0.05, 0) is 12.5 Å². The summed E-state index contributed by atoms with van der Waals surface area (Å²) in [6, 6.07) is 1.95. The molecule has 2 N–H and O–H groups in total. The second kappa shape index (κ2) is 4.65. The zero-order valence-corrected chi connectivity index (χ0v) is 12.4. The molecule has 0 bridgehead atoms. The lowest BCUT2D eigenvalue weighted by molar-refractivity contribution is -0.134. The maximum atomic E-state index is 12.0. The van der Waals surface area contributed by atoms with Crippen LogP contribution >= 0.6 is 0 Å². The number of imide groups is 1. The van der Waals surface area contributed by atoms with Gasteiger partial charge in [0.25, 0.3) is 0 Å². The van der Waals surface area contributed by atoms with Gasteiger partial charge in [-0.1, -0.05) is 20.8 Å². The lowest BCUT2D eigenvalue weighted by Crippen LogP contribution is -2.39. The largest absolute Gasteiger partial charge is 0.296 e. The van der Waals surface area contributed by atoms with E-state index in [0.29, 0.717) is 12.8 Å². The Morgan fingerprint density at radius 2 is 2.05 bits per heavy atom. The fourth-order valence-corrected chi connectivity index (χ4v) is 2.57. The van der Waals surface area contributed by atoms with Gasteiger partial charge < -0.3 is 0 Å². The second-order valence-corrected chi connectivity index (χ2v) is 6.48. The molecular formula is C15H18N4O2. The lowest BCUT2D eigenvalue weighted by Gasteiger charge is -2.20. The van der Waals surface area contributed by atoms with Gasteiger partial charge in [-0.15, -0.1) is 0 Å². The van der Waals surface area contributed by atoms with E-state index in [1.807, 2.05) is 6.07 Å². The van der Waals surface area contributed by atoms with Crippen LogP contribution in [0.2, 0.25) is 0 Å². The Morgan fingerprint density at radius 3 is 2.71 bits per heavy atom. The molecule has 110 valence electrons. The van der Waals surface area contributed by atoms with Crippen LogP contribution in [0.5, 0.6) is 0 Å². The smallest absolute Gasteiger partial charge is 0.235 e. The van der Waals surface area contributed by atoms with Crippen LogP contribution in [0.4, 0.5) is 0 Å². The number of pyridine rings is 1. The molecule has 21 heavy (non-hydrogen) atoms. The summed E-state index contributed by atoms with van der Waals surface area (Å²) in [5.74, 6) is -0.847. The van der Waals surface area contributed by atoms with E-state index in [-0.39, 0.29) is 23.1 Å². The number of carbonyl (C=O) groups is 2. The highest BCUT2D eigenvalue weighted by molar-refractivity contribution is 6.02. The molecule has 2 aromatic heterocycles. The first kappa shape index (κ1) is 13.7. The van der Waals surface area contributed by atoms with Gasteiger partial charge in [0.2, 0.25) is 11.8 Å². The number of aromatic amines is 1. The first-order valence-corrected chi connectivity index (χ1v) is 7.04. The normalized spacial score (nSPS) is 19.9. The monoisotopic (exact) mass is 286 g/mol. The van der Waals surface area contributed by atoms with Crippen LogP contribution in [0.1, 0.15) is 50.9 Å². The Labute approximate surface area is 122 Å². The van der Waals surface area contributed by atoms with Gasteiger partial charge in [0, 0.05) is 29.1 Å². The highest BCUT2D eigenvalue weighted by Gasteiger charge is 2.31. The molecule has 3 rings (SSSR count). The summed E-state index contributed by atoms with van der Waals surface area (Å²) < 4.78 is 0. The Hall–Kier alpha value is -2.24. The molecule has 0 aromatic carbocycles. The summed E-state index contributed by atoms with van der Waals surface area (Å²) in [4.78, 5) is 27.7. The van der Waals surface area contributed by atoms with Gasteiger partial charge in [-0.25, -0.2) is 0 Å². The molecule has 2 aromatic rings. The quantitative estimate of drug-likeness (QED) is 0.782. The van der Waals surface area contributed by atoms with E-state index in [1.54, 1.807) is 6.20 Å². The molecule has 6 heteroatoms. The third-order valence-electron chi connectivity index (χ3n) is 3.83. The number of H-pyrrole nitrogens is 1. The van der Waals surface area contributed by atoms with E-state index in [9.17, 15) is 9.59 Å². The number of hydrogen-bond donors (Lipinski definition) is 2. The zero-order valence-electron chi connectivity index (χ0n) is 12.4. The molecule has 0 aliphatic carbocycles. The van der Waals surface area contributed by atoms with Crippen LogP contribution in [0.15, 0.2) is 12.3 Å².